The molecule has 1 amide bonds. The molecule has 0 atom stereocenters. The molecule has 8 nitrogen and oxygen atoms in total. The second kappa shape index (κ2) is 4.70. The third-order valence-corrected chi connectivity index (χ3v) is 1.93. The van der Waals surface area contributed by atoms with Crippen LogP contribution in [0.5, 0.6) is 0 Å². The van der Waals surface area contributed by atoms with E-state index in [0.29, 0.717) is 0 Å². The Balaban J connectivity index is 2.13. The number of carbonyl (C=O) groups excluding carboxylic acids is 2. The van der Waals surface area contributed by atoms with Gasteiger partial charge >= 0.3 is 5.97 Å². The van der Waals surface area contributed by atoms with Crippen molar-refractivity contribution in [1.29, 1.82) is 0 Å². The summed E-state index contributed by atoms with van der Waals surface area (Å²) in [6, 6.07) is 0. The minimum absolute atomic E-state index is 0.00506. The third kappa shape index (κ3) is 2.54. The Labute approximate surface area is 101 Å². The lowest BCUT2D eigenvalue weighted by atomic mass is 10.4. The lowest BCUT2D eigenvalue weighted by Crippen LogP contribution is -2.10. The summed E-state index contributed by atoms with van der Waals surface area (Å²) in [5.41, 5.74) is 5.31. The van der Waals surface area contributed by atoms with Crippen molar-refractivity contribution in [1.82, 2.24) is 9.97 Å². The van der Waals surface area contributed by atoms with Crippen molar-refractivity contribution in [3.8, 4) is 11.6 Å². The topological polar surface area (TPSA) is 121 Å². The average Bonchev–Trinajstić information content (AvgIpc) is 2.95. The summed E-state index contributed by atoms with van der Waals surface area (Å²) in [5, 5.41) is 0. The smallest absolute Gasteiger partial charge is 0.303 e. The van der Waals surface area contributed by atoms with Crippen LogP contribution in [0.2, 0.25) is 0 Å². The predicted octanol–water partition coefficient (Wildman–Crippen LogP) is 0.492. The van der Waals surface area contributed by atoms with Gasteiger partial charge in [0, 0.05) is 6.92 Å². The molecular weight excluding hydrogens is 242 g/mol. The van der Waals surface area contributed by atoms with Gasteiger partial charge in [-0.25, -0.2) is 9.97 Å². The van der Waals surface area contributed by atoms with Crippen LogP contribution in [0.25, 0.3) is 11.6 Å². The zero-order valence-corrected chi connectivity index (χ0v) is 9.37. The summed E-state index contributed by atoms with van der Waals surface area (Å²) >= 11 is 0. The number of nitrogens with two attached hydrogens (primary N) is 1. The number of carbonyl (C=O) groups is 2. The summed E-state index contributed by atoms with van der Waals surface area (Å²) in [7, 11) is 0. The van der Waals surface area contributed by atoms with Gasteiger partial charge in [-0.3, -0.25) is 9.59 Å². The second-order valence-electron chi connectivity index (χ2n) is 3.31. The van der Waals surface area contributed by atoms with Crippen LogP contribution in [0.4, 0.5) is 0 Å². The summed E-state index contributed by atoms with van der Waals surface area (Å²) in [5.74, 6) is -0.851. The minimum Gasteiger partial charge on any atom is -0.456 e. The van der Waals surface area contributed by atoms with Gasteiger partial charge in [-0.2, -0.15) is 0 Å². The lowest BCUT2D eigenvalue weighted by molar-refractivity contribution is -0.142. The zero-order chi connectivity index (χ0) is 13.1. The molecule has 2 N–H and O–H groups in total. The third-order valence-electron chi connectivity index (χ3n) is 1.93. The molecule has 0 spiro atoms. The maximum atomic E-state index is 10.8. The van der Waals surface area contributed by atoms with E-state index in [4.69, 9.17) is 19.3 Å². The highest BCUT2D eigenvalue weighted by Gasteiger charge is 2.14. The Morgan fingerprint density at radius 2 is 2.11 bits per heavy atom. The maximum Gasteiger partial charge on any atom is 0.303 e. The fraction of sp³-hybridized carbons (Fsp3) is 0.200. The van der Waals surface area contributed by atoms with Crippen LogP contribution >= 0.6 is 0 Å². The van der Waals surface area contributed by atoms with Gasteiger partial charge in [-0.05, 0) is 0 Å². The molecule has 0 aliphatic rings. The van der Waals surface area contributed by atoms with Crippen LogP contribution in [0, 0.1) is 0 Å². The highest BCUT2D eigenvalue weighted by atomic mass is 16.5. The standard InChI is InChI=1S/C10H9N3O5/c1-5(14)16-4-8-12-7(3-17-8)10-13-6(2-18-10)9(11)15/h2-3H,4H2,1H3,(H2,11,15). The van der Waals surface area contributed by atoms with E-state index in [2.05, 4.69) is 9.97 Å². The molecule has 0 bridgehead atoms. The van der Waals surface area contributed by atoms with Gasteiger partial charge < -0.3 is 19.3 Å². The molecular formula is C10H9N3O5. The van der Waals surface area contributed by atoms with Crippen molar-refractivity contribution < 1.29 is 23.2 Å². The number of ether oxygens (including phenoxy) is 1. The van der Waals surface area contributed by atoms with Crippen LogP contribution in [0.15, 0.2) is 21.4 Å². The van der Waals surface area contributed by atoms with Gasteiger partial charge in [0.15, 0.2) is 18.0 Å². The van der Waals surface area contributed by atoms with E-state index in [0.717, 1.165) is 6.26 Å². The van der Waals surface area contributed by atoms with E-state index in [-0.39, 0.29) is 29.8 Å². The van der Waals surface area contributed by atoms with E-state index >= 15 is 0 Å². The van der Waals surface area contributed by atoms with E-state index < -0.39 is 11.9 Å². The van der Waals surface area contributed by atoms with Gasteiger partial charge in [-0.1, -0.05) is 0 Å². The van der Waals surface area contributed by atoms with Gasteiger partial charge in [0.1, 0.15) is 12.5 Å². The lowest BCUT2D eigenvalue weighted by Gasteiger charge is -1.94. The Hall–Kier alpha value is -2.64. The molecule has 0 radical (unpaired) electrons. The summed E-state index contributed by atoms with van der Waals surface area (Å²) in [6.45, 7) is 1.19. The highest BCUT2D eigenvalue weighted by Crippen LogP contribution is 2.18. The number of oxazole rings is 2. The van der Waals surface area contributed by atoms with Crippen LogP contribution in [0.1, 0.15) is 23.3 Å². The summed E-state index contributed by atoms with van der Waals surface area (Å²) in [6.07, 6.45) is 2.40. The maximum absolute atomic E-state index is 10.8. The van der Waals surface area contributed by atoms with Crippen molar-refractivity contribution in [3.63, 3.8) is 0 Å². The fourth-order valence-corrected chi connectivity index (χ4v) is 1.14. The molecule has 2 aromatic heterocycles. The quantitative estimate of drug-likeness (QED) is 0.784. The molecule has 0 saturated carbocycles. The first-order valence-electron chi connectivity index (χ1n) is 4.89. The number of primary amides is 1. The van der Waals surface area contributed by atoms with Crippen molar-refractivity contribution in [3.05, 3.63) is 24.1 Å². The average molecular weight is 251 g/mol. The van der Waals surface area contributed by atoms with Crippen LogP contribution in [0.3, 0.4) is 0 Å². The monoisotopic (exact) mass is 251 g/mol. The van der Waals surface area contributed by atoms with Crippen LogP contribution in [-0.2, 0) is 16.1 Å². The molecule has 0 aliphatic heterocycles. The molecule has 0 unspecified atom stereocenters. The highest BCUT2D eigenvalue weighted by molar-refractivity contribution is 5.90. The SMILES string of the molecule is CC(=O)OCc1nc(-c2nc(C(N)=O)co2)co1. The van der Waals surface area contributed by atoms with Gasteiger partial charge in [0.05, 0.1) is 0 Å². The Bertz CT molecular complexity index is 586. The molecule has 0 aliphatic carbocycles. The minimum atomic E-state index is -0.700. The molecule has 0 saturated heterocycles. The molecule has 8 heteroatoms. The Morgan fingerprint density at radius 1 is 1.33 bits per heavy atom. The molecule has 2 aromatic rings. The predicted molar refractivity (Wildman–Crippen MR) is 56.0 cm³/mol. The summed E-state index contributed by atoms with van der Waals surface area (Å²) < 4.78 is 14.7. The largest absolute Gasteiger partial charge is 0.456 e. The first-order valence-corrected chi connectivity index (χ1v) is 4.89. The van der Waals surface area contributed by atoms with Gasteiger partial charge in [-0.15, -0.1) is 0 Å². The fourth-order valence-electron chi connectivity index (χ4n) is 1.14. The number of nitrogens with zero attached hydrogens (tertiary/aromatic N) is 2. The van der Waals surface area contributed by atoms with Crippen molar-refractivity contribution >= 4 is 11.9 Å². The molecule has 18 heavy (non-hydrogen) atoms. The van der Waals surface area contributed by atoms with E-state index in [1.807, 2.05) is 0 Å². The Kier molecular flexibility index (Phi) is 3.09. The first-order chi connectivity index (χ1) is 8.56. The summed E-state index contributed by atoms with van der Waals surface area (Å²) in [4.78, 5) is 29.2. The number of hydrogen-bond donors (Lipinski definition) is 1. The number of amides is 1. The molecule has 2 heterocycles. The molecule has 0 fully saturated rings. The number of hydrogen-bond acceptors (Lipinski definition) is 7. The number of esters is 1. The zero-order valence-electron chi connectivity index (χ0n) is 9.37. The normalized spacial score (nSPS) is 10.3. The van der Waals surface area contributed by atoms with Crippen molar-refractivity contribution in [2.75, 3.05) is 0 Å². The molecule has 94 valence electrons. The second-order valence-corrected chi connectivity index (χ2v) is 3.31. The van der Waals surface area contributed by atoms with E-state index in [9.17, 15) is 9.59 Å². The van der Waals surface area contributed by atoms with Gasteiger partial charge in [0.25, 0.3) is 5.91 Å². The van der Waals surface area contributed by atoms with E-state index in [1.165, 1.54) is 13.2 Å². The number of rotatable bonds is 4. The van der Waals surface area contributed by atoms with Crippen molar-refractivity contribution in [2.45, 2.75) is 13.5 Å². The Morgan fingerprint density at radius 3 is 2.72 bits per heavy atom. The number of aromatic nitrogens is 2. The van der Waals surface area contributed by atoms with E-state index in [1.54, 1.807) is 0 Å². The molecule has 0 aromatic carbocycles. The van der Waals surface area contributed by atoms with Crippen molar-refractivity contribution in [2.24, 2.45) is 5.73 Å². The first kappa shape index (κ1) is 11.8. The van der Waals surface area contributed by atoms with Crippen LogP contribution < -0.4 is 5.73 Å². The van der Waals surface area contributed by atoms with Crippen LogP contribution in [-0.4, -0.2) is 21.8 Å². The molecule has 2 rings (SSSR count). The van der Waals surface area contributed by atoms with Gasteiger partial charge in [0.2, 0.25) is 11.8 Å².